The minimum absolute atomic E-state index is 0.135. The fourth-order valence-corrected chi connectivity index (χ4v) is 4.77. The van der Waals surface area contributed by atoms with Gasteiger partial charge in [0, 0.05) is 13.1 Å². The molecule has 27 heavy (non-hydrogen) atoms. The molecule has 3 aliphatic rings. The number of nitrogens with zero attached hydrogens (tertiary/aromatic N) is 2. The zero-order valence-electron chi connectivity index (χ0n) is 15.9. The maximum Gasteiger partial charge on any atom is 0.325 e. The predicted molar refractivity (Wildman–Crippen MR) is 101 cm³/mol. The van der Waals surface area contributed by atoms with Gasteiger partial charge in [-0.3, -0.25) is 14.5 Å². The molecule has 0 bridgehead atoms. The van der Waals surface area contributed by atoms with E-state index in [2.05, 4.69) is 12.2 Å². The average Bonchev–Trinajstić information content (AvgIpc) is 2.81. The van der Waals surface area contributed by atoms with Crippen LogP contribution in [0.2, 0.25) is 0 Å². The van der Waals surface area contributed by atoms with Crippen LogP contribution in [0.1, 0.15) is 50.2 Å². The van der Waals surface area contributed by atoms with E-state index in [1.807, 2.05) is 24.3 Å². The van der Waals surface area contributed by atoms with Gasteiger partial charge in [0.1, 0.15) is 12.1 Å². The number of rotatable bonds is 2. The van der Waals surface area contributed by atoms with E-state index in [9.17, 15) is 14.4 Å². The van der Waals surface area contributed by atoms with Crippen molar-refractivity contribution in [2.45, 2.75) is 51.0 Å². The number of imide groups is 1. The quantitative estimate of drug-likeness (QED) is 0.814. The molecule has 0 radical (unpaired) electrons. The van der Waals surface area contributed by atoms with E-state index in [1.165, 1.54) is 0 Å². The number of hydrogen-bond acceptors (Lipinski definition) is 3. The topological polar surface area (TPSA) is 69.7 Å². The van der Waals surface area contributed by atoms with Crippen LogP contribution in [0.3, 0.4) is 0 Å². The predicted octanol–water partition coefficient (Wildman–Crippen LogP) is 2.42. The Morgan fingerprint density at radius 3 is 2.85 bits per heavy atom. The monoisotopic (exact) mass is 369 g/mol. The van der Waals surface area contributed by atoms with Crippen LogP contribution in [0.5, 0.6) is 0 Å². The van der Waals surface area contributed by atoms with Crippen molar-refractivity contribution in [3.05, 3.63) is 35.4 Å². The lowest BCUT2D eigenvalue weighted by Crippen LogP contribution is -2.47. The Bertz CT molecular complexity index is 778. The summed E-state index contributed by atoms with van der Waals surface area (Å²) in [7, 11) is 0. The van der Waals surface area contributed by atoms with Crippen LogP contribution in [0, 0.1) is 5.92 Å². The SMILES string of the molecule is C[C@H]1CCCN(C(=O)CN2C(=O)N[C@]3(CCCCc4ccccc43)C2=O)C1. The van der Waals surface area contributed by atoms with Gasteiger partial charge in [0.15, 0.2) is 0 Å². The van der Waals surface area contributed by atoms with Crippen LogP contribution >= 0.6 is 0 Å². The molecule has 2 fully saturated rings. The molecule has 0 saturated carbocycles. The van der Waals surface area contributed by atoms with Gasteiger partial charge in [-0.1, -0.05) is 31.2 Å². The molecule has 0 unspecified atom stereocenters. The van der Waals surface area contributed by atoms with Crippen LogP contribution in [-0.4, -0.2) is 47.3 Å². The largest absolute Gasteiger partial charge is 0.341 e. The lowest BCUT2D eigenvalue weighted by molar-refractivity contribution is -0.140. The second-order valence-corrected chi connectivity index (χ2v) is 8.18. The molecule has 1 spiro atoms. The molecule has 144 valence electrons. The number of hydrogen-bond donors (Lipinski definition) is 1. The maximum atomic E-state index is 13.4. The maximum absolute atomic E-state index is 13.4. The van der Waals surface area contributed by atoms with E-state index in [1.54, 1.807) is 4.90 Å². The van der Waals surface area contributed by atoms with Crippen molar-refractivity contribution in [2.75, 3.05) is 19.6 Å². The molecule has 2 atom stereocenters. The Balaban J connectivity index is 1.58. The molecular weight excluding hydrogens is 342 g/mol. The van der Waals surface area contributed by atoms with Gasteiger partial charge in [-0.15, -0.1) is 0 Å². The van der Waals surface area contributed by atoms with Crippen LogP contribution in [0.25, 0.3) is 0 Å². The first-order valence-electron chi connectivity index (χ1n) is 10.0. The lowest BCUT2D eigenvalue weighted by atomic mass is 9.84. The van der Waals surface area contributed by atoms with Crippen molar-refractivity contribution >= 4 is 17.8 Å². The molecule has 2 saturated heterocycles. The highest BCUT2D eigenvalue weighted by molar-refractivity contribution is 6.09. The third-order valence-electron chi connectivity index (χ3n) is 6.20. The minimum Gasteiger partial charge on any atom is -0.341 e. The number of nitrogens with one attached hydrogen (secondary N) is 1. The fourth-order valence-electron chi connectivity index (χ4n) is 4.77. The first-order chi connectivity index (χ1) is 13.0. The van der Waals surface area contributed by atoms with Gasteiger partial charge in [-0.2, -0.15) is 0 Å². The molecular formula is C21H27N3O3. The van der Waals surface area contributed by atoms with Crippen LogP contribution < -0.4 is 5.32 Å². The minimum atomic E-state index is -1.01. The molecule has 4 rings (SSSR count). The van der Waals surface area contributed by atoms with Crippen LogP contribution in [0.15, 0.2) is 24.3 Å². The Hall–Kier alpha value is -2.37. The summed E-state index contributed by atoms with van der Waals surface area (Å²) in [6.45, 7) is 3.38. The summed E-state index contributed by atoms with van der Waals surface area (Å²) < 4.78 is 0. The Labute approximate surface area is 159 Å². The summed E-state index contributed by atoms with van der Waals surface area (Å²) >= 11 is 0. The summed E-state index contributed by atoms with van der Waals surface area (Å²) in [6, 6.07) is 7.41. The first-order valence-corrected chi connectivity index (χ1v) is 10.0. The molecule has 1 aromatic rings. The number of carbonyl (C=O) groups is 3. The molecule has 1 aliphatic carbocycles. The summed E-state index contributed by atoms with van der Waals surface area (Å²) in [4.78, 5) is 41.7. The smallest absolute Gasteiger partial charge is 0.325 e. The fraction of sp³-hybridized carbons (Fsp3) is 0.571. The molecule has 2 heterocycles. The Kier molecular flexibility index (Phi) is 4.66. The van der Waals surface area contributed by atoms with E-state index in [0.29, 0.717) is 25.4 Å². The van der Waals surface area contributed by atoms with Gasteiger partial charge in [0.25, 0.3) is 5.91 Å². The Morgan fingerprint density at radius 1 is 1.22 bits per heavy atom. The van der Waals surface area contributed by atoms with Gasteiger partial charge in [-0.25, -0.2) is 4.79 Å². The first kappa shape index (κ1) is 18.0. The third-order valence-corrected chi connectivity index (χ3v) is 6.20. The van der Waals surface area contributed by atoms with Gasteiger partial charge in [0.2, 0.25) is 5.91 Å². The number of amides is 4. The van der Waals surface area contributed by atoms with Crippen LogP contribution in [0.4, 0.5) is 4.79 Å². The molecule has 2 aliphatic heterocycles. The summed E-state index contributed by atoms with van der Waals surface area (Å²) in [5.41, 5.74) is 0.990. The van der Waals surface area contributed by atoms with E-state index >= 15 is 0 Å². The van der Waals surface area contributed by atoms with Gasteiger partial charge >= 0.3 is 6.03 Å². The standard InChI is InChI=1S/C21H27N3O3/c1-15-7-6-12-23(13-15)18(25)14-24-19(26)21(22-20(24)27)11-5-4-9-16-8-2-3-10-17(16)21/h2-3,8,10,15H,4-7,9,11-14H2,1H3,(H,22,27)/t15-,21-/m0/s1. The van der Waals surface area contributed by atoms with Crippen molar-refractivity contribution in [3.8, 4) is 0 Å². The third kappa shape index (κ3) is 3.11. The van der Waals surface area contributed by atoms with Crippen molar-refractivity contribution in [1.82, 2.24) is 15.1 Å². The number of likely N-dealkylation sites (tertiary alicyclic amines) is 1. The highest BCUT2D eigenvalue weighted by Gasteiger charge is 2.53. The van der Waals surface area contributed by atoms with Crippen molar-refractivity contribution in [3.63, 3.8) is 0 Å². The van der Waals surface area contributed by atoms with Crippen LogP contribution in [-0.2, 0) is 21.5 Å². The molecule has 6 nitrogen and oxygen atoms in total. The molecule has 4 amide bonds. The van der Waals surface area contributed by atoms with Gasteiger partial charge < -0.3 is 10.2 Å². The van der Waals surface area contributed by atoms with Crippen molar-refractivity contribution in [1.29, 1.82) is 0 Å². The molecule has 0 aromatic heterocycles. The summed E-state index contributed by atoms with van der Waals surface area (Å²) in [6.07, 6.45) is 5.45. The zero-order valence-corrected chi connectivity index (χ0v) is 15.9. The molecule has 1 aromatic carbocycles. The van der Waals surface area contributed by atoms with E-state index in [0.717, 1.165) is 48.1 Å². The van der Waals surface area contributed by atoms with E-state index < -0.39 is 11.6 Å². The highest BCUT2D eigenvalue weighted by atomic mass is 16.2. The second kappa shape index (κ2) is 6.98. The van der Waals surface area contributed by atoms with Gasteiger partial charge in [0.05, 0.1) is 0 Å². The van der Waals surface area contributed by atoms with E-state index in [-0.39, 0.29) is 18.4 Å². The summed E-state index contributed by atoms with van der Waals surface area (Å²) in [5.74, 6) is 0.0511. The van der Waals surface area contributed by atoms with E-state index in [4.69, 9.17) is 0 Å². The lowest BCUT2D eigenvalue weighted by Gasteiger charge is -2.32. The molecule has 1 N–H and O–H groups in total. The number of aryl methyl sites for hydroxylation is 1. The number of piperidine rings is 1. The number of fused-ring (bicyclic) bond motifs is 2. The van der Waals surface area contributed by atoms with Crippen molar-refractivity contribution in [2.24, 2.45) is 5.92 Å². The zero-order chi connectivity index (χ0) is 19.0. The average molecular weight is 369 g/mol. The Morgan fingerprint density at radius 2 is 2.04 bits per heavy atom. The van der Waals surface area contributed by atoms with Gasteiger partial charge in [-0.05, 0) is 55.6 Å². The highest BCUT2D eigenvalue weighted by Crippen LogP contribution is 2.39. The second-order valence-electron chi connectivity index (χ2n) is 8.18. The molecule has 6 heteroatoms. The number of carbonyl (C=O) groups excluding carboxylic acids is 3. The number of benzene rings is 1. The number of urea groups is 1. The van der Waals surface area contributed by atoms with Crippen molar-refractivity contribution < 1.29 is 14.4 Å². The summed E-state index contributed by atoms with van der Waals surface area (Å²) in [5, 5.41) is 2.95. The normalized spacial score (nSPS) is 28.1.